The summed E-state index contributed by atoms with van der Waals surface area (Å²) < 4.78 is 0. The average Bonchev–Trinajstić information content (AvgIpc) is 2.35. The maximum atomic E-state index is 5.99. The number of aryl methyl sites for hydroxylation is 1. The maximum absolute atomic E-state index is 5.99. The normalized spacial score (nSPS) is 22.4. The summed E-state index contributed by atoms with van der Waals surface area (Å²) in [4.78, 5) is 4.18. The minimum absolute atomic E-state index is 0.106. The molecule has 0 radical (unpaired) electrons. The van der Waals surface area contributed by atoms with Crippen molar-refractivity contribution in [2.75, 3.05) is 11.5 Å². The molecule has 1 saturated heterocycles. The van der Waals surface area contributed by atoms with Crippen molar-refractivity contribution in [2.45, 2.75) is 37.5 Å². The fourth-order valence-electron chi connectivity index (χ4n) is 2.40. The number of nitrogens with two attached hydrogens (primary N) is 2. The van der Waals surface area contributed by atoms with E-state index in [0.29, 0.717) is 11.1 Å². The van der Waals surface area contributed by atoms with Crippen molar-refractivity contribution in [2.24, 2.45) is 5.84 Å². The van der Waals surface area contributed by atoms with E-state index in [0.717, 1.165) is 11.1 Å². The summed E-state index contributed by atoms with van der Waals surface area (Å²) in [5.41, 5.74) is 11.1. The van der Waals surface area contributed by atoms with Gasteiger partial charge in [0.25, 0.3) is 0 Å². The molecule has 2 heterocycles. The van der Waals surface area contributed by atoms with Crippen LogP contribution in [0.5, 0.6) is 0 Å². The van der Waals surface area contributed by atoms with Crippen LogP contribution in [0.4, 0.5) is 5.82 Å². The third-order valence-corrected chi connectivity index (χ3v) is 4.78. The number of nitrogens with zero attached hydrogens (tertiary/aromatic N) is 1. The van der Waals surface area contributed by atoms with Gasteiger partial charge in [0.2, 0.25) is 0 Å². The highest BCUT2D eigenvalue weighted by Crippen LogP contribution is 2.36. The molecule has 4 nitrogen and oxygen atoms in total. The Kier molecular flexibility index (Phi) is 4.25. The Balaban J connectivity index is 2.27. The van der Waals surface area contributed by atoms with Crippen molar-refractivity contribution in [1.82, 2.24) is 10.4 Å². The first-order valence-electron chi connectivity index (χ1n) is 6.02. The first kappa shape index (κ1) is 12.7. The van der Waals surface area contributed by atoms with E-state index in [4.69, 9.17) is 11.6 Å². The lowest BCUT2D eigenvalue weighted by atomic mass is 9.97. The van der Waals surface area contributed by atoms with Crippen molar-refractivity contribution in [1.29, 1.82) is 0 Å². The minimum Gasteiger partial charge on any atom is -0.383 e. The summed E-state index contributed by atoms with van der Waals surface area (Å²) in [5.74, 6) is 7.53. The van der Waals surface area contributed by atoms with Gasteiger partial charge >= 0.3 is 0 Å². The number of pyridine rings is 1. The quantitative estimate of drug-likeness (QED) is 0.564. The van der Waals surface area contributed by atoms with Gasteiger partial charge in [0, 0.05) is 17.0 Å². The van der Waals surface area contributed by atoms with Gasteiger partial charge in [-0.05, 0) is 37.1 Å². The Morgan fingerprint density at radius 3 is 2.94 bits per heavy atom. The van der Waals surface area contributed by atoms with E-state index in [1.54, 1.807) is 6.20 Å². The lowest BCUT2D eigenvalue weighted by molar-refractivity contribution is 0.490. The zero-order valence-electron chi connectivity index (χ0n) is 10.1. The largest absolute Gasteiger partial charge is 0.383 e. The molecular formula is C12H20N4S. The van der Waals surface area contributed by atoms with Crippen LogP contribution in [0.25, 0.3) is 0 Å². The van der Waals surface area contributed by atoms with Crippen molar-refractivity contribution in [3.8, 4) is 0 Å². The van der Waals surface area contributed by atoms with Gasteiger partial charge in [0.15, 0.2) is 0 Å². The second-order valence-electron chi connectivity index (χ2n) is 4.48. The number of nitrogen functional groups attached to an aromatic ring is 1. The summed E-state index contributed by atoms with van der Waals surface area (Å²) in [6.45, 7) is 2.06. The van der Waals surface area contributed by atoms with Gasteiger partial charge in [-0.3, -0.25) is 11.3 Å². The summed E-state index contributed by atoms with van der Waals surface area (Å²) in [7, 11) is 0. The van der Waals surface area contributed by atoms with Crippen LogP contribution >= 0.6 is 11.8 Å². The molecule has 1 aromatic heterocycles. The van der Waals surface area contributed by atoms with Crippen LogP contribution in [-0.4, -0.2) is 16.0 Å². The molecule has 0 saturated carbocycles. The monoisotopic (exact) mass is 252 g/mol. The SMILES string of the molecule is Cc1ccnc(N)c1C(NN)C1CCCCS1. The number of nitrogens with one attached hydrogen (secondary N) is 1. The van der Waals surface area contributed by atoms with E-state index in [1.165, 1.54) is 25.0 Å². The fraction of sp³-hybridized carbons (Fsp3) is 0.583. The van der Waals surface area contributed by atoms with Crippen molar-refractivity contribution >= 4 is 17.6 Å². The van der Waals surface area contributed by atoms with E-state index < -0.39 is 0 Å². The van der Waals surface area contributed by atoms with Crippen LogP contribution in [-0.2, 0) is 0 Å². The number of hydrogen-bond acceptors (Lipinski definition) is 5. The van der Waals surface area contributed by atoms with Crippen molar-refractivity contribution in [3.05, 3.63) is 23.4 Å². The Morgan fingerprint density at radius 1 is 1.53 bits per heavy atom. The molecule has 0 spiro atoms. The topological polar surface area (TPSA) is 77.0 Å². The van der Waals surface area contributed by atoms with Crippen molar-refractivity contribution in [3.63, 3.8) is 0 Å². The predicted octanol–water partition coefficient (Wildman–Crippen LogP) is 1.76. The standard InChI is InChI=1S/C12H20N4S/c1-8-5-6-15-12(13)10(8)11(16-14)9-4-2-3-7-17-9/h5-6,9,11,16H,2-4,7,14H2,1H3,(H2,13,15). The second kappa shape index (κ2) is 5.71. The molecule has 2 unspecified atom stereocenters. The molecule has 17 heavy (non-hydrogen) atoms. The number of hydrogen-bond donors (Lipinski definition) is 3. The van der Waals surface area contributed by atoms with Gasteiger partial charge in [-0.1, -0.05) is 6.42 Å². The molecule has 2 rings (SSSR count). The van der Waals surface area contributed by atoms with Gasteiger partial charge in [-0.15, -0.1) is 0 Å². The molecule has 0 aromatic carbocycles. The minimum atomic E-state index is 0.106. The third kappa shape index (κ3) is 2.73. The molecule has 1 aliphatic heterocycles. The zero-order chi connectivity index (χ0) is 12.3. The van der Waals surface area contributed by atoms with Gasteiger partial charge in [-0.2, -0.15) is 11.8 Å². The summed E-state index contributed by atoms with van der Waals surface area (Å²) in [6, 6.07) is 2.10. The summed E-state index contributed by atoms with van der Waals surface area (Å²) >= 11 is 1.98. The lowest BCUT2D eigenvalue weighted by Crippen LogP contribution is -2.37. The van der Waals surface area contributed by atoms with E-state index in [-0.39, 0.29) is 6.04 Å². The molecule has 1 aromatic rings. The molecule has 94 valence electrons. The Hall–Kier alpha value is -0.780. The van der Waals surface area contributed by atoms with Crippen LogP contribution in [0.1, 0.15) is 36.4 Å². The van der Waals surface area contributed by atoms with Gasteiger partial charge < -0.3 is 5.73 Å². The first-order valence-corrected chi connectivity index (χ1v) is 7.07. The van der Waals surface area contributed by atoms with Crippen LogP contribution in [0.15, 0.2) is 12.3 Å². The second-order valence-corrected chi connectivity index (χ2v) is 5.82. The number of anilines is 1. The van der Waals surface area contributed by atoms with Gasteiger partial charge in [0.1, 0.15) is 5.82 Å². The molecule has 0 aliphatic carbocycles. The molecule has 0 bridgehead atoms. The zero-order valence-corrected chi connectivity index (χ0v) is 11.0. The average molecular weight is 252 g/mol. The van der Waals surface area contributed by atoms with E-state index >= 15 is 0 Å². The van der Waals surface area contributed by atoms with E-state index in [9.17, 15) is 0 Å². The molecule has 1 fully saturated rings. The number of rotatable bonds is 3. The molecule has 1 aliphatic rings. The Morgan fingerprint density at radius 2 is 2.35 bits per heavy atom. The number of thioether (sulfide) groups is 1. The lowest BCUT2D eigenvalue weighted by Gasteiger charge is -2.30. The molecular weight excluding hydrogens is 232 g/mol. The highest BCUT2D eigenvalue weighted by atomic mass is 32.2. The van der Waals surface area contributed by atoms with Crippen molar-refractivity contribution < 1.29 is 0 Å². The number of hydrazine groups is 1. The summed E-state index contributed by atoms with van der Waals surface area (Å²) in [6.07, 6.45) is 5.51. The summed E-state index contributed by atoms with van der Waals surface area (Å²) in [5, 5.41) is 0.499. The van der Waals surface area contributed by atoms with Crippen LogP contribution in [0.3, 0.4) is 0 Å². The smallest absolute Gasteiger partial charge is 0.128 e. The molecule has 5 heteroatoms. The van der Waals surface area contributed by atoms with Gasteiger partial charge in [-0.25, -0.2) is 4.98 Å². The Bertz CT molecular complexity index is 357. The van der Waals surface area contributed by atoms with Crippen LogP contribution in [0.2, 0.25) is 0 Å². The maximum Gasteiger partial charge on any atom is 0.128 e. The van der Waals surface area contributed by atoms with E-state index in [2.05, 4.69) is 17.3 Å². The molecule has 2 atom stereocenters. The molecule has 5 N–H and O–H groups in total. The fourth-order valence-corrected chi connectivity index (χ4v) is 3.81. The number of aromatic nitrogens is 1. The predicted molar refractivity (Wildman–Crippen MR) is 73.5 cm³/mol. The van der Waals surface area contributed by atoms with E-state index in [1.807, 2.05) is 17.8 Å². The third-order valence-electron chi connectivity index (χ3n) is 3.32. The highest BCUT2D eigenvalue weighted by Gasteiger charge is 2.27. The first-order chi connectivity index (χ1) is 8.24. The molecule has 0 amide bonds. The van der Waals surface area contributed by atoms with Gasteiger partial charge in [0.05, 0.1) is 6.04 Å². The van der Waals surface area contributed by atoms with Crippen LogP contribution < -0.4 is 17.0 Å². The van der Waals surface area contributed by atoms with Crippen LogP contribution in [0, 0.1) is 6.92 Å². The Labute approximate surface area is 107 Å². The highest BCUT2D eigenvalue weighted by molar-refractivity contribution is 8.00.